The number of carbonyl (C=O) groups is 2. The maximum absolute atomic E-state index is 12.4. The Kier molecular flexibility index (Phi) is 5.48. The molecule has 4 rings (SSSR count). The highest BCUT2D eigenvalue weighted by Gasteiger charge is 2.29. The quantitative estimate of drug-likeness (QED) is 0.652. The molecule has 0 fully saturated rings. The molecule has 0 bridgehead atoms. The number of pyridine rings is 1. The normalized spacial score (nSPS) is 13.2. The monoisotopic (exact) mass is 402 g/mol. The molecular weight excluding hydrogens is 380 g/mol. The number of carboxylic acids is 1. The number of hydrogen-bond donors (Lipinski definition) is 2. The maximum Gasteiger partial charge on any atom is 0.407 e. The molecule has 1 amide bonds. The molecule has 0 radical (unpaired) electrons. The lowest BCUT2D eigenvalue weighted by atomic mass is 9.98. The number of aliphatic carboxylic acids is 1. The lowest BCUT2D eigenvalue weighted by molar-refractivity contribution is -0.139. The summed E-state index contributed by atoms with van der Waals surface area (Å²) in [5, 5.41) is 12.0. The van der Waals surface area contributed by atoms with E-state index in [0.29, 0.717) is 0 Å². The number of rotatable bonds is 6. The van der Waals surface area contributed by atoms with Gasteiger partial charge >= 0.3 is 12.1 Å². The van der Waals surface area contributed by atoms with Crippen LogP contribution in [0.15, 0.2) is 66.9 Å². The fourth-order valence-corrected chi connectivity index (χ4v) is 3.95. The van der Waals surface area contributed by atoms with Gasteiger partial charge in [-0.3, -0.25) is 4.98 Å². The summed E-state index contributed by atoms with van der Waals surface area (Å²) in [5.41, 5.74) is 6.06. The molecule has 1 heterocycles. The maximum atomic E-state index is 12.4. The Morgan fingerprint density at radius 3 is 2.30 bits per heavy atom. The number of aryl methyl sites for hydroxylation is 1. The number of nitrogens with zero attached hydrogens (tertiary/aromatic N) is 1. The molecule has 2 aromatic carbocycles. The zero-order valence-electron chi connectivity index (χ0n) is 16.5. The number of amides is 1. The third-order valence-electron chi connectivity index (χ3n) is 5.33. The van der Waals surface area contributed by atoms with E-state index in [1.54, 1.807) is 18.3 Å². The summed E-state index contributed by atoms with van der Waals surface area (Å²) in [5.74, 6) is -1.19. The lowest BCUT2D eigenvalue weighted by Gasteiger charge is -2.17. The number of benzene rings is 2. The molecule has 6 nitrogen and oxygen atoms in total. The standard InChI is InChI=1S/C24H22N2O4/c1-15-12-16(10-11-25-15)13-22(23(27)28)26-24(29)30-14-21-19-8-4-2-6-17(19)18-7-3-5-9-20(18)21/h2-12,21-22H,13-14H2,1H3,(H,26,29)(H,27,28). The van der Waals surface area contributed by atoms with Crippen molar-refractivity contribution in [1.29, 1.82) is 0 Å². The fraction of sp³-hybridized carbons (Fsp3) is 0.208. The predicted molar refractivity (Wildman–Crippen MR) is 112 cm³/mol. The molecule has 1 unspecified atom stereocenters. The van der Waals surface area contributed by atoms with Gasteiger partial charge in [-0.2, -0.15) is 0 Å². The molecule has 1 aliphatic carbocycles. The summed E-state index contributed by atoms with van der Waals surface area (Å²) in [4.78, 5) is 28.1. The van der Waals surface area contributed by atoms with Crippen LogP contribution in [0.3, 0.4) is 0 Å². The highest BCUT2D eigenvalue weighted by atomic mass is 16.5. The third kappa shape index (κ3) is 4.03. The summed E-state index contributed by atoms with van der Waals surface area (Å²) < 4.78 is 5.46. The molecule has 0 saturated carbocycles. The van der Waals surface area contributed by atoms with Crippen LogP contribution in [0, 0.1) is 6.92 Å². The Bertz CT molecular complexity index is 1050. The number of aromatic nitrogens is 1. The van der Waals surface area contributed by atoms with Gasteiger partial charge in [0.15, 0.2) is 0 Å². The van der Waals surface area contributed by atoms with E-state index in [4.69, 9.17) is 4.74 Å². The van der Waals surface area contributed by atoms with E-state index < -0.39 is 18.1 Å². The summed E-state index contributed by atoms with van der Waals surface area (Å²) in [6, 6.07) is 18.6. The zero-order chi connectivity index (χ0) is 21.1. The Balaban J connectivity index is 1.43. The first-order chi connectivity index (χ1) is 14.5. The van der Waals surface area contributed by atoms with E-state index in [0.717, 1.165) is 33.5 Å². The van der Waals surface area contributed by atoms with Gasteiger partial charge in [0.25, 0.3) is 0 Å². The second-order valence-electron chi connectivity index (χ2n) is 7.37. The third-order valence-corrected chi connectivity index (χ3v) is 5.33. The van der Waals surface area contributed by atoms with Crippen molar-refractivity contribution in [2.45, 2.75) is 25.3 Å². The average Bonchev–Trinajstić information content (AvgIpc) is 3.06. The van der Waals surface area contributed by atoms with Crippen molar-refractivity contribution in [2.75, 3.05) is 6.61 Å². The summed E-state index contributed by atoms with van der Waals surface area (Å²) in [6.07, 6.45) is 1.04. The number of carbonyl (C=O) groups excluding carboxylic acids is 1. The van der Waals surface area contributed by atoms with Crippen molar-refractivity contribution in [3.63, 3.8) is 0 Å². The van der Waals surface area contributed by atoms with Gasteiger partial charge in [0.05, 0.1) is 0 Å². The van der Waals surface area contributed by atoms with Gasteiger partial charge in [0, 0.05) is 24.2 Å². The van der Waals surface area contributed by atoms with E-state index in [9.17, 15) is 14.7 Å². The van der Waals surface area contributed by atoms with Crippen molar-refractivity contribution in [2.24, 2.45) is 0 Å². The summed E-state index contributed by atoms with van der Waals surface area (Å²) in [6.45, 7) is 1.97. The second kappa shape index (κ2) is 8.37. The van der Waals surface area contributed by atoms with E-state index in [2.05, 4.69) is 22.4 Å². The molecule has 30 heavy (non-hydrogen) atoms. The fourth-order valence-electron chi connectivity index (χ4n) is 3.95. The molecule has 0 saturated heterocycles. The van der Waals surface area contributed by atoms with Gasteiger partial charge in [-0.25, -0.2) is 9.59 Å². The molecular formula is C24H22N2O4. The van der Waals surface area contributed by atoms with Crippen molar-refractivity contribution in [1.82, 2.24) is 10.3 Å². The zero-order valence-corrected chi connectivity index (χ0v) is 16.5. The number of ether oxygens (including phenoxy) is 1. The molecule has 1 aliphatic rings. The molecule has 1 aromatic heterocycles. The van der Waals surface area contributed by atoms with Gasteiger partial charge < -0.3 is 15.2 Å². The highest BCUT2D eigenvalue weighted by molar-refractivity contribution is 5.81. The SMILES string of the molecule is Cc1cc(CC(NC(=O)OCC2c3ccccc3-c3ccccc32)C(=O)O)ccn1. The van der Waals surface area contributed by atoms with Gasteiger partial charge in [0.2, 0.25) is 0 Å². The van der Waals surface area contributed by atoms with Crippen LogP contribution in [0.4, 0.5) is 4.79 Å². The Hall–Kier alpha value is -3.67. The van der Waals surface area contributed by atoms with E-state index in [1.165, 1.54) is 0 Å². The average molecular weight is 402 g/mol. The largest absolute Gasteiger partial charge is 0.480 e. The van der Waals surface area contributed by atoms with Gasteiger partial charge in [-0.05, 0) is 46.9 Å². The summed E-state index contributed by atoms with van der Waals surface area (Å²) in [7, 11) is 0. The van der Waals surface area contributed by atoms with Crippen LogP contribution in [0.5, 0.6) is 0 Å². The number of fused-ring (bicyclic) bond motifs is 3. The smallest absolute Gasteiger partial charge is 0.407 e. The van der Waals surface area contributed by atoms with E-state index in [-0.39, 0.29) is 18.9 Å². The second-order valence-corrected chi connectivity index (χ2v) is 7.37. The number of hydrogen-bond acceptors (Lipinski definition) is 4. The molecule has 0 aliphatic heterocycles. The number of nitrogens with one attached hydrogen (secondary N) is 1. The van der Waals surface area contributed by atoms with Crippen LogP contribution >= 0.6 is 0 Å². The van der Waals surface area contributed by atoms with E-state index >= 15 is 0 Å². The molecule has 152 valence electrons. The lowest BCUT2D eigenvalue weighted by Crippen LogP contribution is -2.42. The van der Waals surface area contributed by atoms with Crippen LogP contribution in [0.1, 0.15) is 28.3 Å². The van der Waals surface area contributed by atoms with Gasteiger partial charge in [-0.15, -0.1) is 0 Å². The first kappa shape index (κ1) is 19.6. The topological polar surface area (TPSA) is 88.5 Å². The minimum Gasteiger partial charge on any atom is -0.480 e. The summed E-state index contributed by atoms with van der Waals surface area (Å²) >= 11 is 0. The van der Waals surface area contributed by atoms with Crippen LogP contribution in [0.2, 0.25) is 0 Å². The van der Waals surface area contributed by atoms with E-state index in [1.807, 2.05) is 43.3 Å². The van der Waals surface area contributed by atoms with Crippen LogP contribution in [0.25, 0.3) is 11.1 Å². The molecule has 6 heteroatoms. The molecule has 1 atom stereocenters. The molecule has 0 spiro atoms. The molecule has 2 N–H and O–H groups in total. The number of carboxylic acid groups (broad SMARTS) is 1. The first-order valence-electron chi connectivity index (χ1n) is 9.79. The first-order valence-corrected chi connectivity index (χ1v) is 9.79. The Labute approximate surface area is 174 Å². The minimum absolute atomic E-state index is 0.0747. The number of alkyl carbamates (subject to hydrolysis) is 1. The Morgan fingerprint density at radius 2 is 1.70 bits per heavy atom. The van der Waals surface area contributed by atoms with Gasteiger partial charge in [0.1, 0.15) is 12.6 Å². The van der Waals surface area contributed by atoms with Crippen molar-refractivity contribution in [3.05, 3.63) is 89.2 Å². The van der Waals surface area contributed by atoms with Crippen molar-refractivity contribution < 1.29 is 19.4 Å². The predicted octanol–water partition coefficient (Wildman–Crippen LogP) is 3.92. The highest BCUT2D eigenvalue weighted by Crippen LogP contribution is 2.44. The van der Waals surface area contributed by atoms with Crippen molar-refractivity contribution in [3.8, 4) is 11.1 Å². The van der Waals surface area contributed by atoms with Crippen LogP contribution in [-0.2, 0) is 16.0 Å². The Morgan fingerprint density at radius 1 is 1.07 bits per heavy atom. The minimum atomic E-state index is -1.11. The van der Waals surface area contributed by atoms with Gasteiger partial charge in [-0.1, -0.05) is 48.5 Å². The molecule has 3 aromatic rings. The van der Waals surface area contributed by atoms with Crippen LogP contribution in [-0.4, -0.2) is 34.8 Å². The van der Waals surface area contributed by atoms with Crippen LogP contribution < -0.4 is 5.32 Å². The van der Waals surface area contributed by atoms with Crippen molar-refractivity contribution >= 4 is 12.1 Å².